The highest BCUT2D eigenvalue weighted by molar-refractivity contribution is 7.86. The van der Waals surface area contributed by atoms with Gasteiger partial charge in [-0.05, 0) is 43.5 Å². The standard InChI is InChI=1S/C13H15Cl5O4S/c1-8(23(20,21)22)2-3-12(19,7-13(16,17)18)9-4-10(14)6-11(15)5-9/h4-6,8,19H,2-3,7H2,1H3,(H,20,21,22). The smallest absolute Gasteiger partial charge is 0.267 e. The molecule has 2 atom stereocenters. The van der Waals surface area contributed by atoms with Gasteiger partial charge in [0.15, 0.2) is 3.79 Å². The van der Waals surface area contributed by atoms with Gasteiger partial charge in [0.2, 0.25) is 0 Å². The summed E-state index contributed by atoms with van der Waals surface area (Å²) in [7, 11) is -4.23. The van der Waals surface area contributed by atoms with Crippen molar-refractivity contribution in [2.45, 2.75) is 40.8 Å². The molecule has 0 bridgehead atoms. The predicted octanol–water partition coefficient (Wildman–Crippen LogP) is 5.00. The van der Waals surface area contributed by atoms with Crippen molar-refractivity contribution in [2.75, 3.05) is 0 Å². The predicted molar refractivity (Wildman–Crippen MR) is 95.5 cm³/mol. The van der Waals surface area contributed by atoms with Crippen LogP contribution in [0.15, 0.2) is 18.2 Å². The van der Waals surface area contributed by atoms with Crippen LogP contribution in [0, 0.1) is 0 Å². The molecule has 0 aliphatic rings. The van der Waals surface area contributed by atoms with E-state index in [1.807, 2.05) is 0 Å². The van der Waals surface area contributed by atoms with Crippen LogP contribution in [-0.4, -0.2) is 27.1 Å². The normalized spacial score (nSPS) is 16.9. The lowest BCUT2D eigenvalue weighted by atomic mass is 9.86. The summed E-state index contributed by atoms with van der Waals surface area (Å²) in [6.45, 7) is 1.32. The number of benzene rings is 1. The molecule has 0 saturated carbocycles. The Kier molecular flexibility index (Phi) is 7.35. The average Bonchev–Trinajstić information content (AvgIpc) is 2.31. The van der Waals surface area contributed by atoms with E-state index in [0.717, 1.165) is 0 Å². The summed E-state index contributed by atoms with van der Waals surface area (Å²) < 4.78 is 29.5. The van der Waals surface area contributed by atoms with E-state index in [-0.39, 0.29) is 29.3 Å². The largest absolute Gasteiger partial charge is 0.385 e. The zero-order valence-electron chi connectivity index (χ0n) is 11.9. The van der Waals surface area contributed by atoms with Gasteiger partial charge in [0, 0.05) is 16.5 Å². The molecule has 1 aromatic carbocycles. The minimum atomic E-state index is -4.23. The number of halogens is 5. The molecule has 132 valence electrons. The molecule has 0 saturated heterocycles. The molecule has 0 aliphatic carbocycles. The van der Waals surface area contributed by atoms with Crippen molar-refractivity contribution in [3.63, 3.8) is 0 Å². The van der Waals surface area contributed by atoms with E-state index in [2.05, 4.69) is 0 Å². The molecule has 0 aliphatic heterocycles. The molecule has 2 unspecified atom stereocenters. The van der Waals surface area contributed by atoms with Crippen molar-refractivity contribution in [1.29, 1.82) is 0 Å². The van der Waals surface area contributed by atoms with E-state index in [1.54, 1.807) is 0 Å². The first-order valence-corrected chi connectivity index (χ1v) is 9.84. The van der Waals surface area contributed by atoms with Crippen molar-refractivity contribution in [3.05, 3.63) is 33.8 Å². The summed E-state index contributed by atoms with van der Waals surface area (Å²) in [5.41, 5.74) is -1.39. The summed E-state index contributed by atoms with van der Waals surface area (Å²) in [4.78, 5) is 0. The summed E-state index contributed by atoms with van der Waals surface area (Å²) in [5, 5.41) is 10.4. The molecule has 0 fully saturated rings. The average molecular weight is 445 g/mol. The second-order valence-corrected chi connectivity index (χ2v) is 10.6. The van der Waals surface area contributed by atoms with Crippen LogP contribution >= 0.6 is 58.0 Å². The number of rotatable bonds is 6. The van der Waals surface area contributed by atoms with E-state index in [4.69, 9.17) is 62.6 Å². The number of aliphatic hydroxyl groups is 1. The first kappa shape index (κ1) is 21.6. The molecule has 1 rings (SSSR count). The maximum atomic E-state index is 11.1. The molecule has 0 radical (unpaired) electrons. The van der Waals surface area contributed by atoms with Crippen molar-refractivity contribution < 1.29 is 18.1 Å². The first-order valence-electron chi connectivity index (χ1n) is 6.45. The van der Waals surface area contributed by atoms with Gasteiger partial charge in [-0.1, -0.05) is 58.0 Å². The van der Waals surface area contributed by atoms with E-state index < -0.39 is 24.8 Å². The van der Waals surface area contributed by atoms with Crippen LogP contribution < -0.4 is 0 Å². The lowest BCUT2D eigenvalue weighted by Gasteiger charge is -2.32. The van der Waals surface area contributed by atoms with E-state index in [0.29, 0.717) is 5.56 Å². The number of hydrogen-bond acceptors (Lipinski definition) is 3. The minimum absolute atomic E-state index is 0.0553. The second kappa shape index (κ2) is 7.83. The molecular weight excluding hydrogens is 429 g/mol. The Morgan fingerprint density at radius 2 is 1.61 bits per heavy atom. The first-order chi connectivity index (χ1) is 10.2. The Bertz CT molecular complexity index is 639. The highest BCUT2D eigenvalue weighted by Crippen LogP contribution is 2.43. The fraction of sp³-hybridized carbons (Fsp3) is 0.538. The zero-order chi connectivity index (χ0) is 18.1. The van der Waals surface area contributed by atoms with Crippen LogP contribution in [0.3, 0.4) is 0 Å². The van der Waals surface area contributed by atoms with Crippen LogP contribution in [0.1, 0.15) is 31.7 Å². The van der Waals surface area contributed by atoms with Gasteiger partial charge in [-0.25, -0.2) is 0 Å². The molecule has 2 N–H and O–H groups in total. The molecule has 4 nitrogen and oxygen atoms in total. The van der Waals surface area contributed by atoms with Gasteiger partial charge in [-0.2, -0.15) is 8.42 Å². The Balaban J connectivity index is 3.17. The molecule has 0 spiro atoms. The van der Waals surface area contributed by atoms with Crippen LogP contribution in [0.25, 0.3) is 0 Å². The third kappa shape index (κ3) is 7.12. The lowest BCUT2D eigenvalue weighted by molar-refractivity contribution is 0.0176. The Hall–Kier alpha value is 0.540. The fourth-order valence-corrected chi connectivity index (χ4v) is 3.68. The molecule has 0 aromatic heterocycles. The molecule has 0 heterocycles. The van der Waals surface area contributed by atoms with Crippen molar-refractivity contribution >= 4 is 68.1 Å². The summed E-state index contributed by atoms with van der Waals surface area (Å²) in [6, 6.07) is 4.40. The quantitative estimate of drug-likeness (QED) is 0.478. The van der Waals surface area contributed by atoms with Crippen molar-refractivity contribution in [2.24, 2.45) is 0 Å². The third-order valence-corrected chi connectivity index (χ3v) is 5.46. The number of alkyl halides is 3. The summed E-state index contributed by atoms with van der Waals surface area (Å²) >= 11 is 29.2. The summed E-state index contributed by atoms with van der Waals surface area (Å²) in [5.74, 6) is 0. The van der Waals surface area contributed by atoms with Crippen LogP contribution in [0.5, 0.6) is 0 Å². The van der Waals surface area contributed by atoms with E-state index >= 15 is 0 Å². The van der Waals surface area contributed by atoms with Gasteiger partial charge in [-0.15, -0.1) is 0 Å². The lowest BCUT2D eigenvalue weighted by Crippen LogP contribution is -2.33. The van der Waals surface area contributed by atoms with E-state index in [1.165, 1.54) is 25.1 Å². The van der Waals surface area contributed by atoms with Gasteiger partial charge >= 0.3 is 0 Å². The third-order valence-electron chi connectivity index (χ3n) is 3.37. The fourth-order valence-electron chi connectivity index (χ4n) is 2.08. The Labute approximate surface area is 160 Å². The summed E-state index contributed by atoms with van der Waals surface area (Å²) in [6.07, 6.45) is -0.446. The topological polar surface area (TPSA) is 74.6 Å². The Morgan fingerprint density at radius 3 is 2.00 bits per heavy atom. The maximum absolute atomic E-state index is 11.1. The highest BCUT2D eigenvalue weighted by Gasteiger charge is 2.39. The maximum Gasteiger partial charge on any atom is 0.267 e. The van der Waals surface area contributed by atoms with E-state index in [9.17, 15) is 13.5 Å². The van der Waals surface area contributed by atoms with Crippen LogP contribution in [0.4, 0.5) is 0 Å². The van der Waals surface area contributed by atoms with Crippen molar-refractivity contribution in [1.82, 2.24) is 0 Å². The molecule has 23 heavy (non-hydrogen) atoms. The SMILES string of the molecule is CC(CCC(O)(CC(Cl)(Cl)Cl)c1cc(Cl)cc(Cl)c1)S(=O)(=O)O. The van der Waals surface area contributed by atoms with Gasteiger partial charge in [-0.3, -0.25) is 4.55 Å². The van der Waals surface area contributed by atoms with Crippen LogP contribution in [0.2, 0.25) is 10.0 Å². The van der Waals surface area contributed by atoms with Gasteiger partial charge in [0.05, 0.1) is 10.9 Å². The number of hydrogen-bond donors (Lipinski definition) is 2. The molecule has 0 amide bonds. The van der Waals surface area contributed by atoms with Gasteiger partial charge in [0.1, 0.15) is 0 Å². The minimum Gasteiger partial charge on any atom is -0.385 e. The monoisotopic (exact) mass is 442 g/mol. The molecular formula is C13H15Cl5O4S. The van der Waals surface area contributed by atoms with Crippen molar-refractivity contribution in [3.8, 4) is 0 Å². The highest BCUT2D eigenvalue weighted by atomic mass is 35.6. The molecule has 1 aromatic rings. The van der Waals surface area contributed by atoms with Gasteiger partial charge in [0.25, 0.3) is 10.1 Å². The zero-order valence-corrected chi connectivity index (χ0v) is 16.5. The van der Waals surface area contributed by atoms with Crippen LogP contribution in [-0.2, 0) is 15.7 Å². The second-order valence-electron chi connectivity index (χ2n) is 5.35. The van der Waals surface area contributed by atoms with Gasteiger partial charge < -0.3 is 5.11 Å². The molecule has 10 heteroatoms. The Morgan fingerprint density at radius 1 is 1.13 bits per heavy atom.